The number of halogens is 4. The van der Waals surface area contributed by atoms with Gasteiger partial charge in [-0.2, -0.15) is 0 Å². The molecular weight excluding hydrogens is 408 g/mol. The summed E-state index contributed by atoms with van der Waals surface area (Å²) in [5, 5.41) is 11.9. The van der Waals surface area contributed by atoms with Gasteiger partial charge in [0.05, 0.1) is 5.56 Å². The third-order valence-electron chi connectivity index (χ3n) is 3.23. The number of benzene rings is 2. The monoisotopic (exact) mass is 417 g/mol. The minimum atomic E-state index is -1.34. The van der Waals surface area contributed by atoms with Crippen LogP contribution in [0.15, 0.2) is 40.9 Å². The Labute approximate surface area is 149 Å². The van der Waals surface area contributed by atoms with E-state index in [-0.39, 0.29) is 6.42 Å². The minimum Gasteiger partial charge on any atom is -0.480 e. The van der Waals surface area contributed by atoms with E-state index in [1.807, 2.05) is 0 Å². The molecule has 2 rings (SSSR count). The fraction of sp³-hybridized carbons (Fsp3) is 0.125. The van der Waals surface area contributed by atoms with Crippen molar-refractivity contribution in [1.29, 1.82) is 0 Å². The molecule has 2 aromatic rings. The van der Waals surface area contributed by atoms with Crippen molar-refractivity contribution in [2.75, 3.05) is 0 Å². The molecule has 1 atom stereocenters. The summed E-state index contributed by atoms with van der Waals surface area (Å²) in [6, 6.07) is 6.57. The Hall–Kier alpha value is -1.99. The van der Waals surface area contributed by atoms with Gasteiger partial charge < -0.3 is 10.4 Å². The molecule has 0 fully saturated rings. The molecule has 0 bridgehead atoms. The molecule has 0 saturated carbocycles. The molecule has 0 spiro atoms. The number of carbonyl (C=O) groups is 2. The molecule has 0 aliphatic carbocycles. The van der Waals surface area contributed by atoms with E-state index in [1.165, 1.54) is 0 Å². The molecule has 0 saturated heterocycles. The van der Waals surface area contributed by atoms with Crippen LogP contribution in [0, 0.1) is 11.6 Å². The van der Waals surface area contributed by atoms with Gasteiger partial charge in [-0.3, -0.25) is 4.79 Å². The second-order valence-electron chi connectivity index (χ2n) is 4.91. The van der Waals surface area contributed by atoms with Gasteiger partial charge in [0.2, 0.25) is 0 Å². The lowest BCUT2D eigenvalue weighted by molar-refractivity contribution is -0.139. The van der Waals surface area contributed by atoms with Crippen LogP contribution in [0.1, 0.15) is 15.9 Å². The van der Waals surface area contributed by atoms with Gasteiger partial charge in [-0.15, -0.1) is 0 Å². The maximum atomic E-state index is 13.6. The standard InChI is InChI=1S/C16H11BrClF2NO3/c17-11-5-4-9(18)6-8(11)7-13(16(23)24)21-15(22)10-2-1-3-12(19)14(10)20/h1-6,13H,7H2,(H,21,22)(H,23,24)/t13-/m0/s1. The van der Waals surface area contributed by atoms with Gasteiger partial charge in [-0.1, -0.05) is 33.6 Å². The molecule has 0 radical (unpaired) electrons. The van der Waals surface area contributed by atoms with E-state index in [9.17, 15) is 23.5 Å². The largest absolute Gasteiger partial charge is 0.480 e. The zero-order chi connectivity index (χ0) is 17.9. The highest BCUT2D eigenvalue weighted by Crippen LogP contribution is 2.22. The van der Waals surface area contributed by atoms with Crippen LogP contribution in [0.25, 0.3) is 0 Å². The summed E-state index contributed by atoms with van der Waals surface area (Å²) in [5.41, 5.74) is -0.0127. The Morgan fingerprint density at radius 2 is 1.96 bits per heavy atom. The molecule has 24 heavy (non-hydrogen) atoms. The van der Waals surface area contributed by atoms with Crippen LogP contribution in [0.4, 0.5) is 8.78 Å². The van der Waals surface area contributed by atoms with E-state index in [2.05, 4.69) is 21.2 Å². The van der Waals surface area contributed by atoms with Gasteiger partial charge in [-0.25, -0.2) is 13.6 Å². The Morgan fingerprint density at radius 3 is 2.62 bits per heavy atom. The van der Waals surface area contributed by atoms with Crippen molar-refractivity contribution in [3.05, 3.63) is 68.7 Å². The minimum absolute atomic E-state index is 0.0842. The number of rotatable bonds is 5. The third-order valence-corrected chi connectivity index (χ3v) is 4.24. The first-order valence-electron chi connectivity index (χ1n) is 6.71. The summed E-state index contributed by atoms with van der Waals surface area (Å²) >= 11 is 9.14. The predicted octanol–water partition coefficient (Wildman–Crippen LogP) is 3.81. The smallest absolute Gasteiger partial charge is 0.326 e. The molecule has 2 aromatic carbocycles. The van der Waals surface area contributed by atoms with Gasteiger partial charge in [0, 0.05) is 15.9 Å². The first-order chi connectivity index (χ1) is 11.3. The zero-order valence-corrected chi connectivity index (χ0v) is 14.4. The zero-order valence-electron chi connectivity index (χ0n) is 12.0. The fourth-order valence-electron chi connectivity index (χ4n) is 2.03. The lowest BCUT2D eigenvalue weighted by Crippen LogP contribution is -2.42. The lowest BCUT2D eigenvalue weighted by atomic mass is 10.1. The first-order valence-corrected chi connectivity index (χ1v) is 7.88. The van der Waals surface area contributed by atoms with Crippen LogP contribution < -0.4 is 5.32 Å². The van der Waals surface area contributed by atoms with E-state index >= 15 is 0 Å². The van der Waals surface area contributed by atoms with Gasteiger partial charge in [0.1, 0.15) is 6.04 Å². The highest BCUT2D eigenvalue weighted by molar-refractivity contribution is 9.10. The quantitative estimate of drug-likeness (QED) is 0.776. The molecular formula is C16H11BrClF2NO3. The molecule has 1 amide bonds. The van der Waals surface area contributed by atoms with Crippen molar-refractivity contribution in [2.24, 2.45) is 0 Å². The topological polar surface area (TPSA) is 66.4 Å². The maximum absolute atomic E-state index is 13.6. The van der Waals surface area contributed by atoms with Crippen molar-refractivity contribution in [1.82, 2.24) is 5.32 Å². The van der Waals surface area contributed by atoms with Gasteiger partial charge in [-0.05, 0) is 35.9 Å². The van der Waals surface area contributed by atoms with Crippen molar-refractivity contribution in [3.63, 3.8) is 0 Å². The van der Waals surface area contributed by atoms with Crippen molar-refractivity contribution in [2.45, 2.75) is 12.5 Å². The number of carboxylic acids is 1. The van der Waals surface area contributed by atoms with Crippen LogP contribution in [0.2, 0.25) is 5.02 Å². The molecule has 4 nitrogen and oxygen atoms in total. The highest BCUT2D eigenvalue weighted by Gasteiger charge is 2.24. The van der Waals surface area contributed by atoms with Crippen molar-refractivity contribution >= 4 is 39.4 Å². The van der Waals surface area contributed by atoms with Crippen molar-refractivity contribution < 1.29 is 23.5 Å². The molecule has 2 N–H and O–H groups in total. The van der Waals surface area contributed by atoms with Crippen LogP contribution in [-0.2, 0) is 11.2 Å². The van der Waals surface area contributed by atoms with Gasteiger partial charge in [0.25, 0.3) is 5.91 Å². The van der Waals surface area contributed by atoms with E-state index < -0.39 is 35.1 Å². The van der Waals surface area contributed by atoms with Gasteiger partial charge in [0.15, 0.2) is 11.6 Å². The number of carbonyl (C=O) groups excluding carboxylic acids is 1. The number of amides is 1. The molecule has 0 aliphatic heterocycles. The second-order valence-corrected chi connectivity index (χ2v) is 6.20. The predicted molar refractivity (Wildman–Crippen MR) is 88.1 cm³/mol. The number of hydrogen-bond acceptors (Lipinski definition) is 2. The average molecular weight is 419 g/mol. The molecule has 126 valence electrons. The Balaban J connectivity index is 2.22. The number of carboxylic acid groups (broad SMARTS) is 1. The van der Waals surface area contributed by atoms with Gasteiger partial charge >= 0.3 is 5.97 Å². The van der Waals surface area contributed by atoms with E-state index in [0.29, 0.717) is 15.1 Å². The average Bonchev–Trinajstić information content (AvgIpc) is 2.52. The number of aliphatic carboxylic acids is 1. The first kappa shape index (κ1) is 18.4. The Kier molecular flexibility index (Phi) is 5.90. The summed E-state index contributed by atoms with van der Waals surface area (Å²) in [6.07, 6.45) is -0.0842. The molecule has 0 aliphatic rings. The van der Waals surface area contributed by atoms with Crippen LogP contribution in [0.3, 0.4) is 0 Å². The molecule has 8 heteroatoms. The van der Waals surface area contributed by atoms with E-state index in [4.69, 9.17) is 11.6 Å². The molecule has 0 unspecified atom stereocenters. The Bertz CT molecular complexity index is 801. The van der Waals surface area contributed by atoms with Crippen LogP contribution in [-0.4, -0.2) is 23.0 Å². The summed E-state index contributed by atoms with van der Waals surface area (Å²) in [6.45, 7) is 0. The summed E-state index contributed by atoms with van der Waals surface area (Å²) in [5.74, 6) is -4.85. The summed E-state index contributed by atoms with van der Waals surface area (Å²) in [7, 11) is 0. The Morgan fingerprint density at radius 1 is 1.25 bits per heavy atom. The van der Waals surface area contributed by atoms with Crippen molar-refractivity contribution in [3.8, 4) is 0 Å². The maximum Gasteiger partial charge on any atom is 0.326 e. The third kappa shape index (κ3) is 4.30. The fourth-order valence-corrected chi connectivity index (χ4v) is 2.64. The van der Waals surface area contributed by atoms with E-state index in [1.54, 1.807) is 18.2 Å². The second kappa shape index (κ2) is 7.72. The highest BCUT2D eigenvalue weighted by atomic mass is 79.9. The SMILES string of the molecule is O=C(N[C@@H](Cc1cc(Cl)ccc1Br)C(=O)O)c1cccc(F)c1F. The van der Waals surface area contributed by atoms with Crippen LogP contribution >= 0.6 is 27.5 Å². The molecule has 0 aromatic heterocycles. The lowest BCUT2D eigenvalue weighted by Gasteiger charge is -2.16. The normalized spacial score (nSPS) is 11.8. The summed E-state index contributed by atoms with van der Waals surface area (Å²) < 4.78 is 27.4. The van der Waals surface area contributed by atoms with E-state index in [0.717, 1.165) is 18.2 Å². The van der Waals surface area contributed by atoms with Crippen LogP contribution in [0.5, 0.6) is 0 Å². The number of hydrogen-bond donors (Lipinski definition) is 2. The number of nitrogens with one attached hydrogen (secondary N) is 1. The summed E-state index contributed by atoms with van der Waals surface area (Å²) in [4.78, 5) is 23.4. The molecule has 0 heterocycles.